The number of carbonyl (C=O) groups is 2. The molecule has 0 unspecified atom stereocenters. The molecule has 0 heterocycles. The number of benzene rings is 2. The minimum absolute atomic E-state index is 0.00282. The molecular weight excluding hydrogens is 324 g/mol. The monoisotopic (exact) mass is 352 g/mol. The summed E-state index contributed by atoms with van der Waals surface area (Å²) in [5.74, 6) is -0.301. The Labute approximate surface area is 156 Å². The van der Waals surface area contributed by atoms with Crippen molar-refractivity contribution in [1.29, 1.82) is 0 Å². The third-order valence-electron chi connectivity index (χ3n) is 4.58. The molecule has 2 N–H and O–H groups in total. The highest BCUT2D eigenvalue weighted by Gasteiger charge is 2.19. The lowest BCUT2D eigenvalue weighted by Crippen LogP contribution is -2.38. The minimum atomic E-state index is -0.153. The molecule has 2 atom stereocenters. The van der Waals surface area contributed by atoms with Crippen LogP contribution >= 0.6 is 0 Å². The molecule has 138 valence electrons. The molecular formula is C22H28N2O2. The zero-order valence-electron chi connectivity index (χ0n) is 15.6. The van der Waals surface area contributed by atoms with Gasteiger partial charge in [-0.3, -0.25) is 9.59 Å². The van der Waals surface area contributed by atoms with Crippen LogP contribution in [0.15, 0.2) is 60.7 Å². The molecule has 2 rings (SSSR count). The summed E-state index contributed by atoms with van der Waals surface area (Å²) in [7, 11) is 0. The van der Waals surface area contributed by atoms with Gasteiger partial charge in [-0.05, 0) is 24.0 Å². The molecule has 0 aliphatic rings. The molecule has 0 spiro atoms. The second kappa shape index (κ2) is 10.4. The first-order valence-corrected chi connectivity index (χ1v) is 9.32. The van der Waals surface area contributed by atoms with E-state index in [9.17, 15) is 9.59 Å². The smallest absolute Gasteiger partial charge is 0.227 e. The zero-order chi connectivity index (χ0) is 18.8. The van der Waals surface area contributed by atoms with Crippen molar-refractivity contribution in [3.8, 4) is 0 Å². The molecule has 26 heavy (non-hydrogen) atoms. The Balaban J connectivity index is 1.80. The quantitative estimate of drug-likeness (QED) is 0.678. The van der Waals surface area contributed by atoms with Gasteiger partial charge in [0.05, 0.1) is 11.8 Å². The first-order valence-electron chi connectivity index (χ1n) is 9.32. The second-order valence-electron chi connectivity index (χ2n) is 6.33. The Hall–Kier alpha value is -2.62. The number of amides is 2. The largest absolute Gasteiger partial charge is 0.354 e. The third kappa shape index (κ3) is 5.45. The molecule has 4 nitrogen and oxygen atoms in total. The molecule has 2 amide bonds. The van der Waals surface area contributed by atoms with E-state index in [0.717, 1.165) is 24.0 Å². The molecule has 0 saturated heterocycles. The maximum absolute atomic E-state index is 12.4. The number of hydrogen-bond acceptors (Lipinski definition) is 2. The van der Waals surface area contributed by atoms with Gasteiger partial charge >= 0.3 is 0 Å². The average molecular weight is 352 g/mol. The van der Waals surface area contributed by atoms with E-state index in [1.807, 2.05) is 74.5 Å². The predicted octanol–water partition coefficient (Wildman–Crippen LogP) is 3.61. The molecule has 2 aromatic carbocycles. The summed E-state index contributed by atoms with van der Waals surface area (Å²) in [4.78, 5) is 24.8. The summed E-state index contributed by atoms with van der Waals surface area (Å²) in [5.41, 5.74) is 2.04. The Kier molecular flexibility index (Phi) is 7.87. The van der Waals surface area contributed by atoms with E-state index in [0.29, 0.717) is 13.1 Å². The van der Waals surface area contributed by atoms with Crippen LogP contribution in [-0.2, 0) is 9.59 Å². The van der Waals surface area contributed by atoms with Crippen LogP contribution in [0, 0.1) is 0 Å². The van der Waals surface area contributed by atoms with Crippen LogP contribution in [-0.4, -0.2) is 24.9 Å². The Bertz CT molecular complexity index is 624. The fourth-order valence-corrected chi connectivity index (χ4v) is 3.13. The van der Waals surface area contributed by atoms with Crippen LogP contribution in [0.1, 0.15) is 49.7 Å². The second-order valence-corrected chi connectivity index (χ2v) is 6.33. The minimum Gasteiger partial charge on any atom is -0.354 e. The van der Waals surface area contributed by atoms with Crippen LogP contribution in [0.3, 0.4) is 0 Å². The van der Waals surface area contributed by atoms with Gasteiger partial charge in [-0.1, -0.05) is 74.5 Å². The van der Waals surface area contributed by atoms with Crippen molar-refractivity contribution < 1.29 is 9.59 Å². The lowest BCUT2D eigenvalue weighted by atomic mass is 9.95. The van der Waals surface area contributed by atoms with Crippen molar-refractivity contribution in [1.82, 2.24) is 10.6 Å². The van der Waals surface area contributed by atoms with E-state index >= 15 is 0 Å². The number of carbonyl (C=O) groups excluding carboxylic acids is 2. The number of rotatable bonds is 9. The highest BCUT2D eigenvalue weighted by Crippen LogP contribution is 2.20. The SMILES string of the molecule is CC[C@@H](C(=O)NCCNC(=O)[C@H](CC)c1ccccc1)c1ccccc1. The standard InChI is InChI=1S/C22H28N2O2/c1-3-19(17-11-7-5-8-12-17)21(25)23-15-16-24-22(26)20(4-2)18-13-9-6-10-14-18/h5-14,19-20H,3-4,15-16H2,1-2H3,(H,23,25)(H,24,26)/t19-,20-/m1/s1. The van der Waals surface area contributed by atoms with Crippen molar-refractivity contribution in [3.05, 3.63) is 71.8 Å². The van der Waals surface area contributed by atoms with E-state index in [1.165, 1.54) is 0 Å². The summed E-state index contributed by atoms with van der Waals surface area (Å²) < 4.78 is 0. The van der Waals surface area contributed by atoms with Crippen LogP contribution < -0.4 is 10.6 Å². The Morgan fingerprint density at radius 1 is 0.692 bits per heavy atom. The first-order chi connectivity index (χ1) is 12.7. The summed E-state index contributed by atoms with van der Waals surface area (Å²) >= 11 is 0. The van der Waals surface area contributed by atoms with Crippen LogP contribution in [0.25, 0.3) is 0 Å². The number of hydrogen-bond donors (Lipinski definition) is 2. The van der Waals surface area contributed by atoms with Gasteiger partial charge in [0.2, 0.25) is 11.8 Å². The topological polar surface area (TPSA) is 58.2 Å². The van der Waals surface area contributed by atoms with E-state index in [2.05, 4.69) is 10.6 Å². The van der Waals surface area contributed by atoms with E-state index in [1.54, 1.807) is 0 Å². The maximum atomic E-state index is 12.4. The van der Waals surface area contributed by atoms with Crippen molar-refractivity contribution >= 4 is 11.8 Å². The lowest BCUT2D eigenvalue weighted by Gasteiger charge is -2.17. The van der Waals surface area contributed by atoms with Gasteiger partial charge in [0.1, 0.15) is 0 Å². The summed E-state index contributed by atoms with van der Waals surface area (Å²) in [5, 5.41) is 5.86. The van der Waals surface area contributed by atoms with Gasteiger partial charge in [-0.25, -0.2) is 0 Å². The van der Waals surface area contributed by atoms with Crippen molar-refractivity contribution in [3.63, 3.8) is 0 Å². The first kappa shape index (κ1) is 19.7. The Morgan fingerprint density at radius 2 is 1.04 bits per heavy atom. The molecule has 0 aromatic heterocycles. The summed E-state index contributed by atoms with van der Waals surface area (Å²) in [6.45, 7) is 4.87. The van der Waals surface area contributed by atoms with Gasteiger partial charge < -0.3 is 10.6 Å². The van der Waals surface area contributed by atoms with E-state index in [-0.39, 0.29) is 23.7 Å². The molecule has 0 aliphatic carbocycles. The number of nitrogens with one attached hydrogen (secondary N) is 2. The van der Waals surface area contributed by atoms with Gasteiger partial charge in [0.15, 0.2) is 0 Å². The van der Waals surface area contributed by atoms with Crippen LogP contribution in [0.2, 0.25) is 0 Å². The van der Waals surface area contributed by atoms with Gasteiger partial charge in [0.25, 0.3) is 0 Å². The lowest BCUT2D eigenvalue weighted by molar-refractivity contribution is -0.124. The molecule has 2 aromatic rings. The molecule has 0 saturated carbocycles. The zero-order valence-corrected chi connectivity index (χ0v) is 15.6. The molecule has 0 bridgehead atoms. The van der Waals surface area contributed by atoms with Gasteiger partial charge in [0, 0.05) is 13.1 Å². The van der Waals surface area contributed by atoms with E-state index < -0.39 is 0 Å². The van der Waals surface area contributed by atoms with Gasteiger partial charge in [-0.2, -0.15) is 0 Å². The van der Waals surface area contributed by atoms with E-state index in [4.69, 9.17) is 0 Å². The van der Waals surface area contributed by atoms with Gasteiger partial charge in [-0.15, -0.1) is 0 Å². The maximum Gasteiger partial charge on any atom is 0.227 e. The molecule has 0 aliphatic heterocycles. The molecule has 0 radical (unpaired) electrons. The van der Waals surface area contributed by atoms with Crippen molar-refractivity contribution in [2.75, 3.05) is 13.1 Å². The highest BCUT2D eigenvalue weighted by molar-refractivity contribution is 5.84. The van der Waals surface area contributed by atoms with Crippen LogP contribution in [0.4, 0.5) is 0 Å². The van der Waals surface area contributed by atoms with Crippen molar-refractivity contribution in [2.24, 2.45) is 0 Å². The predicted molar refractivity (Wildman–Crippen MR) is 105 cm³/mol. The third-order valence-corrected chi connectivity index (χ3v) is 4.58. The fraction of sp³-hybridized carbons (Fsp3) is 0.364. The van der Waals surface area contributed by atoms with Crippen molar-refractivity contribution in [2.45, 2.75) is 38.5 Å². The van der Waals surface area contributed by atoms with Crippen LogP contribution in [0.5, 0.6) is 0 Å². The average Bonchev–Trinajstić information content (AvgIpc) is 2.68. The molecule has 0 fully saturated rings. The summed E-state index contributed by atoms with van der Waals surface area (Å²) in [6, 6.07) is 19.6. The Morgan fingerprint density at radius 3 is 1.35 bits per heavy atom. The summed E-state index contributed by atoms with van der Waals surface area (Å²) in [6.07, 6.45) is 1.49. The molecule has 4 heteroatoms. The normalized spacial score (nSPS) is 12.8. The highest BCUT2D eigenvalue weighted by atomic mass is 16.2. The fourth-order valence-electron chi connectivity index (χ4n) is 3.13.